The summed E-state index contributed by atoms with van der Waals surface area (Å²) in [5.74, 6) is -1.32. The molecule has 0 saturated carbocycles. The van der Waals surface area contributed by atoms with Crippen LogP contribution in [-0.4, -0.2) is 41.7 Å². The van der Waals surface area contributed by atoms with Crippen LogP contribution in [0.1, 0.15) is 10.5 Å². The van der Waals surface area contributed by atoms with Crippen molar-refractivity contribution in [2.75, 3.05) is 21.3 Å². The van der Waals surface area contributed by atoms with Crippen LogP contribution in [0.4, 0.5) is 0 Å². The van der Waals surface area contributed by atoms with Gasteiger partial charge in [-0.1, -0.05) is 0 Å². The zero-order valence-electron chi connectivity index (χ0n) is 10.5. The lowest BCUT2D eigenvalue weighted by molar-refractivity contribution is 0.0679. The summed E-state index contributed by atoms with van der Waals surface area (Å²) >= 11 is 0. The topological polar surface area (TPSA) is 94.7 Å². The summed E-state index contributed by atoms with van der Waals surface area (Å²) in [6.07, 6.45) is 0. The van der Waals surface area contributed by atoms with Crippen molar-refractivity contribution in [2.24, 2.45) is 14.1 Å². The molecule has 0 unspecified atom stereocenters. The molecule has 17 heavy (non-hydrogen) atoms. The minimum Gasteiger partial charge on any atom is -0.489 e. The highest BCUT2D eigenvalue weighted by Crippen LogP contribution is 2.11. The molecule has 1 aromatic heterocycles. The summed E-state index contributed by atoms with van der Waals surface area (Å²) in [6.45, 7) is 0. The molecule has 98 valence electrons. The summed E-state index contributed by atoms with van der Waals surface area (Å²) in [4.78, 5) is 26.3. The molecule has 0 aromatic carbocycles. The smallest absolute Gasteiger partial charge is 0.358 e. The van der Waals surface area contributed by atoms with Gasteiger partial charge in [0.05, 0.1) is 14.2 Å². The van der Waals surface area contributed by atoms with Crippen molar-refractivity contribution in [2.45, 2.75) is 0 Å². The van der Waals surface area contributed by atoms with Crippen molar-refractivity contribution in [1.29, 1.82) is 0 Å². The van der Waals surface area contributed by atoms with Gasteiger partial charge in [0.2, 0.25) is 5.75 Å². The second-order valence-electron chi connectivity index (χ2n) is 2.95. The highest BCUT2D eigenvalue weighted by Gasteiger charge is 2.22. The molecule has 0 saturated heterocycles. The van der Waals surface area contributed by atoms with Crippen LogP contribution in [0.2, 0.25) is 0 Å². The number of ether oxygens (including phenoxy) is 1. The molecule has 0 amide bonds. The Morgan fingerprint density at radius 1 is 1.29 bits per heavy atom. The summed E-state index contributed by atoms with van der Waals surface area (Å²) in [7, 11) is 7.49. The molecule has 0 spiro atoms. The second-order valence-corrected chi connectivity index (χ2v) is 2.95. The van der Waals surface area contributed by atoms with Gasteiger partial charge in [0.1, 0.15) is 0 Å². The number of rotatable bonds is 3. The predicted molar refractivity (Wildman–Crippen MR) is 60.2 cm³/mol. The quantitative estimate of drug-likeness (QED) is 0.679. The number of aromatic carboxylic acids is 1. The first-order valence-corrected chi connectivity index (χ1v) is 4.65. The zero-order valence-corrected chi connectivity index (χ0v) is 10.5. The molecule has 0 aliphatic rings. The van der Waals surface area contributed by atoms with Crippen molar-refractivity contribution in [3.8, 4) is 5.75 Å². The minimum absolute atomic E-state index is 0.141. The first-order chi connectivity index (χ1) is 7.92. The van der Waals surface area contributed by atoms with E-state index in [1.54, 1.807) is 14.2 Å². The Bertz CT molecular complexity index is 433. The Morgan fingerprint density at radius 3 is 2.00 bits per heavy atom. The van der Waals surface area contributed by atoms with Gasteiger partial charge in [0.15, 0.2) is 5.69 Å². The van der Waals surface area contributed by atoms with Gasteiger partial charge >= 0.3 is 11.5 Å². The molecule has 2 N–H and O–H groups in total. The number of methoxy groups -OCH3 is 1. The van der Waals surface area contributed by atoms with Crippen LogP contribution < -0.4 is 15.8 Å². The molecule has 0 aliphatic carbocycles. The largest absolute Gasteiger partial charge is 0.489 e. The molecule has 0 bridgehead atoms. The SMILES string of the molecule is CNOC.COc1c(C(=O)O)n(C)n(C)c1=O. The Balaban J connectivity index is 0.000000557. The van der Waals surface area contributed by atoms with Crippen molar-refractivity contribution in [1.82, 2.24) is 14.8 Å². The molecule has 1 heterocycles. The van der Waals surface area contributed by atoms with Gasteiger partial charge < -0.3 is 14.7 Å². The number of nitrogens with one attached hydrogen (secondary N) is 1. The van der Waals surface area contributed by atoms with E-state index in [2.05, 4.69) is 10.3 Å². The van der Waals surface area contributed by atoms with Crippen LogP contribution >= 0.6 is 0 Å². The average molecular weight is 247 g/mol. The first-order valence-electron chi connectivity index (χ1n) is 4.65. The summed E-state index contributed by atoms with van der Waals surface area (Å²) in [5.41, 5.74) is 1.83. The first kappa shape index (κ1) is 15.2. The lowest BCUT2D eigenvalue weighted by Crippen LogP contribution is -2.18. The molecule has 1 aromatic rings. The number of nitrogens with zero attached hydrogens (tertiary/aromatic N) is 2. The maximum Gasteiger partial charge on any atom is 0.358 e. The predicted octanol–water partition coefficient (Wildman–Crippen LogP) is -0.802. The second kappa shape index (κ2) is 6.71. The molecule has 0 radical (unpaired) electrons. The van der Waals surface area contributed by atoms with Crippen molar-refractivity contribution < 1.29 is 19.5 Å². The number of carboxylic acid groups (broad SMARTS) is 1. The maximum atomic E-state index is 11.3. The van der Waals surface area contributed by atoms with Crippen LogP contribution in [0, 0.1) is 0 Å². The Morgan fingerprint density at radius 2 is 1.76 bits per heavy atom. The highest BCUT2D eigenvalue weighted by atomic mass is 16.6. The Kier molecular flexibility index (Phi) is 6.00. The van der Waals surface area contributed by atoms with Gasteiger partial charge in [-0.2, -0.15) is 0 Å². The van der Waals surface area contributed by atoms with Crippen LogP contribution in [0.5, 0.6) is 5.75 Å². The maximum absolute atomic E-state index is 11.3. The number of carboxylic acids is 1. The van der Waals surface area contributed by atoms with E-state index in [9.17, 15) is 9.59 Å². The third-order valence-electron chi connectivity index (χ3n) is 2.09. The third kappa shape index (κ3) is 3.33. The van der Waals surface area contributed by atoms with Gasteiger partial charge in [-0.05, 0) is 0 Å². The van der Waals surface area contributed by atoms with E-state index in [0.717, 1.165) is 0 Å². The van der Waals surface area contributed by atoms with E-state index < -0.39 is 11.5 Å². The van der Waals surface area contributed by atoms with Gasteiger partial charge in [-0.3, -0.25) is 14.2 Å². The summed E-state index contributed by atoms with van der Waals surface area (Å²) in [5, 5.41) is 8.76. The van der Waals surface area contributed by atoms with E-state index >= 15 is 0 Å². The van der Waals surface area contributed by atoms with E-state index in [-0.39, 0.29) is 11.4 Å². The van der Waals surface area contributed by atoms with E-state index in [1.807, 2.05) is 0 Å². The Labute approximate surface area is 98.3 Å². The number of hydrogen-bond acceptors (Lipinski definition) is 5. The number of aromatic nitrogens is 2. The van der Waals surface area contributed by atoms with Crippen molar-refractivity contribution in [3.05, 3.63) is 16.0 Å². The van der Waals surface area contributed by atoms with E-state index in [0.29, 0.717) is 0 Å². The standard InChI is InChI=1S/C7H10N2O4.C2H7NO/c1-8-4(7(11)12)5(13-3)6(10)9(8)2;1-3-4-2/h1-3H3,(H,11,12);3H,1-2H3. The van der Waals surface area contributed by atoms with E-state index in [4.69, 9.17) is 9.84 Å². The van der Waals surface area contributed by atoms with Gasteiger partial charge in [-0.15, -0.1) is 0 Å². The van der Waals surface area contributed by atoms with Gasteiger partial charge in [0, 0.05) is 21.1 Å². The minimum atomic E-state index is -1.18. The average Bonchev–Trinajstić information content (AvgIpc) is 2.53. The third-order valence-corrected chi connectivity index (χ3v) is 2.09. The summed E-state index contributed by atoms with van der Waals surface area (Å²) in [6, 6.07) is 0. The van der Waals surface area contributed by atoms with Gasteiger partial charge in [-0.25, -0.2) is 10.3 Å². The van der Waals surface area contributed by atoms with Crippen LogP contribution in [0.25, 0.3) is 0 Å². The van der Waals surface area contributed by atoms with E-state index in [1.165, 1.54) is 30.6 Å². The number of hydrogen-bond donors (Lipinski definition) is 2. The fraction of sp³-hybridized carbons (Fsp3) is 0.556. The molecule has 0 fully saturated rings. The normalized spacial score (nSPS) is 9.47. The molecule has 8 nitrogen and oxygen atoms in total. The lowest BCUT2D eigenvalue weighted by Gasteiger charge is -2.00. The summed E-state index contributed by atoms with van der Waals surface area (Å²) < 4.78 is 7.10. The molecule has 8 heteroatoms. The fourth-order valence-electron chi connectivity index (χ4n) is 1.10. The molecule has 1 rings (SSSR count). The van der Waals surface area contributed by atoms with Crippen LogP contribution in [-0.2, 0) is 18.9 Å². The molecular formula is C9H17N3O5. The zero-order chi connectivity index (χ0) is 13.6. The molecule has 0 aliphatic heterocycles. The monoisotopic (exact) mass is 247 g/mol. The molecular weight excluding hydrogens is 230 g/mol. The van der Waals surface area contributed by atoms with Crippen LogP contribution in [0.15, 0.2) is 4.79 Å². The van der Waals surface area contributed by atoms with Crippen LogP contribution in [0.3, 0.4) is 0 Å². The van der Waals surface area contributed by atoms with Gasteiger partial charge in [0.25, 0.3) is 0 Å². The fourth-order valence-corrected chi connectivity index (χ4v) is 1.10. The van der Waals surface area contributed by atoms with Crippen molar-refractivity contribution in [3.63, 3.8) is 0 Å². The lowest BCUT2D eigenvalue weighted by atomic mass is 10.4. The van der Waals surface area contributed by atoms with Crippen molar-refractivity contribution >= 4 is 5.97 Å². The Hall–Kier alpha value is -1.80. The number of carbonyl (C=O) groups is 1. The number of hydroxylamine groups is 1. The molecule has 0 atom stereocenters. The highest BCUT2D eigenvalue weighted by molar-refractivity contribution is 5.88.